The van der Waals surface area contributed by atoms with Gasteiger partial charge in [-0.15, -0.1) is 0 Å². The first-order valence-electron chi connectivity index (χ1n) is 6.47. The smallest absolute Gasteiger partial charge is 0.404 e. The van der Waals surface area contributed by atoms with Crippen LogP contribution < -0.4 is 14.8 Å². The van der Waals surface area contributed by atoms with Crippen LogP contribution in [0.15, 0.2) is 35.4 Å². The van der Waals surface area contributed by atoms with Crippen molar-refractivity contribution in [3.63, 3.8) is 0 Å². The highest BCUT2D eigenvalue weighted by Gasteiger charge is 2.20. The second kappa shape index (κ2) is 7.32. The van der Waals surface area contributed by atoms with Gasteiger partial charge in [-0.05, 0) is 24.3 Å². The van der Waals surface area contributed by atoms with E-state index in [1.165, 1.54) is 37.6 Å². The van der Waals surface area contributed by atoms with Crippen LogP contribution in [0, 0.1) is 0 Å². The summed E-state index contributed by atoms with van der Waals surface area (Å²) in [5, 5.41) is 10.6. The average molecular weight is 373 g/mol. The minimum Gasteiger partial charge on any atom is -0.481 e. The van der Waals surface area contributed by atoms with E-state index < -0.39 is 16.1 Å². The molecule has 0 unspecified atom stereocenters. The molecule has 2 aromatic heterocycles. The first kappa shape index (κ1) is 17.8. The fourth-order valence-corrected chi connectivity index (χ4v) is 3.23. The number of methoxy groups -OCH3 is 1. The minimum atomic E-state index is -3.98. The molecule has 0 aromatic carbocycles. The summed E-state index contributed by atoms with van der Waals surface area (Å²) in [4.78, 5) is 18.1. The average Bonchev–Trinajstić information content (AvgIpc) is 2.53. The van der Waals surface area contributed by atoms with Gasteiger partial charge in [-0.3, -0.25) is 4.72 Å². The summed E-state index contributed by atoms with van der Waals surface area (Å²) in [6.45, 7) is -0.0348. The molecule has 3 N–H and O–H groups in total. The number of anilines is 1. The standard InChI is InChI=1S/C13H13ClN4O5S/c1-23-12-8(7-16-13(19)20)4-5-10(17-12)18-24(21,22)9-3-2-6-15-11(9)14/h2-6,16H,7H2,1H3,(H,17,18)(H,19,20). The van der Waals surface area contributed by atoms with Crippen molar-refractivity contribution < 1.29 is 23.1 Å². The Bertz CT molecular complexity index is 859. The molecule has 0 spiro atoms. The molecular formula is C13H13ClN4O5S. The lowest BCUT2D eigenvalue weighted by Crippen LogP contribution is -2.21. The van der Waals surface area contributed by atoms with Crippen molar-refractivity contribution >= 4 is 33.5 Å². The highest BCUT2D eigenvalue weighted by molar-refractivity contribution is 7.92. The third-order valence-corrected chi connectivity index (χ3v) is 4.62. The third-order valence-electron chi connectivity index (χ3n) is 2.82. The summed E-state index contributed by atoms with van der Waals surface area (Å²) in [5.41, 5.74) is 0.447. The summed E-state index contributed by atoms with van der Waals surface area (Å²) in [7, 11) is -2.64. The van der Waals surface area contributed by atoms with E-state index in [1.807, 2.05) is 0 Å². The molecule has 0 saturated heterocycles. The number of hydrogen-bond acceptors (Lipinski definition) is 6. The maximum atomic E-state index is 12.3. The van der Waals surface area contributed by atoms with Gasteiger partial charge in [0.2, 0.25) is 5.88 Å². The molecule has 0 fully saturated rings. The van der Waals surface area contributed by atoms with Gasteiger partial charge in [0.05, 0.1) is 13.7 Å². The number of sulfonamides is 1. The van der Waals surface area contributed by atoms with Crippen molar-refractivity contribution in [2.45, 2.75) is 11.4 Å². The Morgan fingerprint density at radius 1 is 1.38 bits per heavy atom. The van der Waals surface area contributed by atoms with Crippen LogP contribution in [0.2, 0.25) is 5.15 Å². The summed E-state index contributed by atoms with van der Waals surface area (Å²) in [6, 6.07) is 5.61. The lowest BCUT2D eigenvalue weighted by atomic mass is 10.2. The molecule has 0 aliphatic carbocycles. The van der Waals surface area contributed by atoms with Gasteiger partial charge in [0.1, 0.15) is 15.9 Å². The monoisotopic (exact) mass is 372 g/mol. The van der Waals surface area contributed by atoms with E-state index in [1.54, 1.807) is 0 Å². The van der Waals surface area contributed by atoms with Crippen molar-refractivity contribution in [2.75, 3.05) is 11.8 Å². The maximum Gasteiger partial charge on any atom is 0.404 e. The quantitative estimate of drug-likeness (QED) is 0.658. The highest BCUT2D eigenvalue weighted by Crippen LogP contribution is 2.23. The Balaban J connectivity index is 2.27. The molecule has 2 aromatic rings. The molecule has 0 saturated carbocycles. The van der Waals surface area contributed by atoms with Gasteiger partial charge >= 0.3 is 6.09 Å². The number of nitrogens with zero attached hydrogens (tertiary/aromatic N) is 2. The maximum absolute atomic E-state index is 12.3. The van der Waals surface area contributed by atoms with Crippen LogP contribution in [-0.4, -0.2) is 36.7 Å². The molecule has 0 atom stereocenters. The molecule has 24 heavy (non-hydrogen) atoms. The topological polar surface area (TPSA) is 131 Å². The summed E-state index contributed by atoms with van der Waals surface area (Å²) >= 11 is 5.79. The number of carbonyl (C=O) groups is 1. The fraction of sp³-hybridized carbons (Fsp3) is 0.154. The van der Waals surface area contributed by atoms with Crippen molar-refractivity contribution in [2.24, 2.45) is 0 Å². The highest BCUT2D eigenvalue weighted by atomic mass is 35.5. The van der Waals surface area contributed by atoms with Crippen LogP contribution in [0.4, 0.5) is 10.6 Å². The molecule has 0 aliphatic rings. The zero-order valence-corrected chi connectivity index (χ0v) is 13.9. The molecule has 0 bridgehead atoms. The Hall–Kier alpha value is -2.59. The zero-order valence-electron chi connectivity index (χ0n) is 12.4. The predicted octanol–water partition coefficient (Wildman–Crippen LogP) is 1.71. The number of carboxylic acid groups (broad SMARTS) is 1. The van der Waals surface area contributed by atoms with E-state index >= 15 is 0 Å². The number of pyridine rings is 2. The summed E-state index contributed by atoms with van der Waals surface area (Å²) in [5.74, 6) is 0.0760. The van der Waals surface area contributed by atoms with Crippen molar-refractivity contribution in [3.05, 3.63) is 41.2 Å². The Morgan fingerprint density at radius 2 is 2.12 bits per heavy atom. The van der Waals surface area contributed by atoms with Gasteiger partial charge in [0.25, 0.3) is 10.0 Å². The van der Waals surface area contributed by atoms with Crippen molar-refractivity contribution in [1.82, 2.24) is 15.3 Å². The third kappa shape index (κ3) is 4.24. The second-order valence-electron chi connectivity index (χ2n) is 4.42. The first-order valence-corrected chi connectivity index (χ1v) is 8.33. The number of aromatic nitrogens is 2. The van der Waals surface area contributed by atoms with Crippen LogP contribution in [0.5, 0.6) is 5.88 Å². The second-order valence-corrected chi connectivity index (χ2v) is 6.43. The predicted molar refractivity (Wildman–Crippen MR) is 85.7 cm³/mol. The molecule has 11 heteroatoms. The molecular weight excluding hydrogens is 360 g/mol. The van der Waals surface area contributed by atoms with E-state index in [4.69, 9.17) is 21.4 Å². The van der Waals surface area contributed by atoms with Gasteiger partial charge in [-0.25, -0.2) is 18.2 Å². The molecule has 0 aliphatic heterocycles. The van der Waals surface area contributed by atoms with Gasteiger partial charge in [-0.1, -0.05) is 11.6 Å². The Morgan fingerprint density at radius 3 is 2.75 bits per heavy atom. The summed E-state index contributed by atoms with van der Waals surface area (Å²) in [6.07, 6.45) is 0.167. The van der Waals surface area contributed by atoms with E-state index in [2.05, 4.69) is 20.0 Å². The van der Waals surface area contributed by atoms with Gasteiger partial charge in [0, 0.05) is 11.8 Å². The lowest BCUT2D eigenvalue weighted by molar-refractivity contribution is 0.194. The lowest BCUT2D eigenvalue weighted by Gasteiger charge is -2.11. The Labute approximate surface area is 142 Å². The van der Waals surface area contributed by atoms with Crippen LogP contribution in [0.3, 0.4) is 0 Å². The number of halogens is 1. The first-order chi connectivity index (χ1) is 11.3. The molecule has 2 heterocycles. The van der Waals surface area contributed by atoms with Crippen molar-refractivity contribution in [1.29, 1.82) is 0 Å². The van der Waals surface area contributed by atoms with Crippen LogP contribution in [-0.2, 0) is 16.6 Å². The number of nitrogens with one attached hydrogen (secondary N) is 2. The summed E-state index contributed by atoms with van der Waals surface area (Å²) < 4.78 is 31.9. The van der Waals surface area contributed by atoms with E-state index in [-0.39, 0.29) is 28.3 Å². The minimum absolute atomic E-state index is 0.00848. The normalized spacial score (nSPS) is 10.9. The van der Waals surface area contributed by atoms with E-state index in [0.29, 0.717) is 5.56 Å². The van der Waals surface area contributed by atoms with Gasteiger partial charge in [0.15, 0.2) is 0 Å². The molecule has 128 valence electrons. The van der Waals surface area contributed by atoms with Gasteiger partial charge < -0.3 is 15.2 Å². The molecule has 1 amide bonds. The van der Waals surface area contributed by atoms with E-state index in [0.717, 1.165) is 0 Å². The molecule has 9 nitrogen and oxygen atoms in total. The number of hydrogen-bond donors (Lipinski definition) is 3. The fourth-order valence-electron chi connectivity index (χ4n) is 1.77. The van der Waals surface area contributed by atoms with Crippen LogP contribution in [0.1, 0.15) is 5.56 Å². The van der Waals surface area contributed by atoms with Gasteiger partial charge in [-0.2, -0.15) is 4.98 Å². The van der Waals surface area contributed by atoms with Crippen LogP contribution in [0.25, 0.3) is 0 Å². The number of ether oxygens (including phenoxy) is 1. The van der Waals surface area contributed by atoms with Crippen molar-refractivity contribution in [3.8, 4) is 5.88 Å². The van der Waals surface area contributed by atoms with Crippen LogP contribution >= 0.6 is 11.6 Å². The SMILES string of the molecule is COc1nc(NS(=O)(=O)c2cccnc2Cl)ccc1CNC(=O)O. The Kier molecular flexibility index (Phi) is 5.42. The molecule has 2 rings (SSSR count). The molecule has 0 radical (unpaired) electrons. The zero-order chi connectivity index (χ0) is 17.7. The number of rotatable bonds is 6. The largest absolute Gasteiger partial charge is 0.481 e. The van der Waals surface area contributed by atoms with E-state index in [9.17, 15) is 13.2 Å². The number of amides is 1.